The van der Waals surface area contributed by atoms with Gasteiger partial charge in [0, 0.05) is 24.7 Å². The summed E-state index contributed by atoms with van der Waals surface area (Å²) < 4.78 is 54.8. The molecule has 7 nitrogen and oxygen atoms in total. The van der Waals surface area contributed by atoms with Gasteiger partial charge in [-0.05, 0) is 19.4 Å². The van der Waals surface area contributed by atoms with E-state index in [4.69, 9.17) is 0 Å². The summed E-state index contributed by atoms with van der Waals surface area (Å²) in [6.45, 7) is 2.84. The predicted molar refractivity (Wildman–Crippen MR) is 99.2 cm³/mol. The van der Waals surface area contributed by atoms with Crippen molar-refractivity contribution in [1.29, 1.82) is 0 Å². The van der Waals surface area contributed by atoms with Crippen LogP contribution in [-0.4, -0.2) is 39.2 Å². The lowest BCUT2D eigenvalue weighted by Crippen LogP contribution is -2.47. The van der Waals surface area contributed by atoms with Gasteiger partial charge in [-0.3, -0.25) is 9.48 Å². The third-order valence-corrected chi connectivity index (χ3v) is 5.38. The highest BCUT2D eigenvalue weighted by Gasteiger charge is 2.33. The number of rotatable bonds is 3. The van der Waals surface area contributed by atoms with E-state index >= 15 is 0 Å². The zero-order valence-corrected chi connectivity index (χ0v) is 16.0. The quantitative estimate of drug-likeness (QED) is 0.763. The van der Waals surface area contributed by atoms with Crippen LogP contribution < -0.4 is 10.2 Å². The first kappa shape index (κ1) is 20.2. The number of halogens is 4. The Hall–Kier alpha value is -3.11. The summed E-state index contributed by atoms with van der Waals surface area (Å²) >= 11 is 0. The molecule has 3 heterocycles. The van der Waals surface area contributed by atoms with Gasteiger partial charge >= 0.3 is 6.03 Å². The van der Waals surface area contributed by atoms with Gasteiger partial charge in [-0.15, -0.1) is 0 Å². The van der Waals surface area contributed by atoms with Crippen molar-refractivity contribution >= 4 is 23.3 Å². The van der Waals surface area contributed by atoms with E-state index < -0.39 is 29.7 Å². The fourth-order valence-corrected chi connectivity index (χ4v) is 3.82. The SMILES string of the molecule is CC1Cn2ncc(N3CCCC3=O)c2CN1C(=O)Nc1cc(F)c(F)c(C(F)F)c1. The van der Waals surface area contributed by atoms with Crippen LogP contribution in [0.25, 0.3) is 0 Å². The maximum atomic E-state index is 13.7. The number of carbonyl (C=O) groups is 2. The minimum atomic E-state index is -3.22. The maximum Gasteiger partial charge on any atom is 0.322 e. The summed E-state index contributed by atoms with van der Waals surface area (Å²) in [7, 11) is 0. The van der Waals surface area contributed by atoms with Gasteiger partial charge in [0.1, 0.15) is 0 Å². The Morgan fingerprint density at radius 2 is 2.07 bits per heavy atom. The first-order valence-corrected chi connectivity index (χ1v) is 9.46. The summed E-state index contributed by atoms with van der Waals surface area (Å²) in [4.78, 5) is 27.9. The van der Waals surface area contributed by atoms with Gasteiger partial charge in [0.15, 0.2) is 11.6 Å². The predicted octanol–water partition coefficient (Wildman–Crippen LogP) is 3.66. The molecular formula is C19H19F4N5O2. The van der Waals surface area contributed by atoms with Crippen molar-refractivity contribution in [2.75, 3.05) is 16.8 Å². The smallest absolute Gasteiger partial charge is 0.314 e. The van der Waals surface area contributed by atoms with Crippen molar-refractivity contribution < 1.29 is 27.2 Å². The lowest BCUT2D eigenvalue weighted by Gasteiger charge is -2.35. The minimum absolute atomic E-state index is 0.0123. The van der Waals surface area contributed by atoms with E-state index in [1.165, 1.54) is 4.90 Å². The van der Waals surface area contributed by atoms with Crippen molar-refractivity contribution in [2.24, 2.45) is 0 Å². The van der Waals surface area contributed by atoms with E-state index in [1.54, 1.807) is 22.7 Å². The van der Waals surface area contributed by atoms with Gasteiger partial charge in [-0.2, -0.15) is 5.10 Å². The molecule has 1 saturated heterocycles. The summed E-state index contributed by atoms with van der Waals surface area (Å²) in [5.41, 5.74) is -0.0765. The number of nitrogens with zero attached hydrogens (tertiary/aromatic N) is 4. The standard InChI is InChI=1S/C19H19F4N5O2/c1-10-8-28-15(14(7-24-28)26-4-2-3-16(26)29)9-27(10)19(30)25-11-5-12(18(22)23)17(21)13(20)6-11/h5-7,10,18H,2-4,8-9H2,1H3,(H,25,30). The Kier molecular flexibility index (Phi) is 5.12. The van der Waals surface area contributed by atoms with Crippen molar-refractivity contribution in [3.8, 4) is 0 Å². The zero-order valence-electron chi connectivity index (χ0n) is 16.0. The summed E-state index contributed by atoms with van der Waals surface area (Å²) in [5, 5.41) is 6.67. The Labute approximate surface area is 169 Å². The first-order valence-electron chi connectivity index (χ1n) is 9.46. The van der Waals surface area contributed by atoms with E-state index in [2.05, 4.69) is 10.4 Å². The number of hydrogen-bond donors (Lipinski definition) is 1. The monoisotopic (exact) mass is 425 g/mol. The molecule has 11 heteroatoms. The molecule has 1 aromatic heterocycles. The van der Waals surface area contributed by atoms with Crippen molar-refractivity contribution in [3.05, 3.63) is 41.2 Å². The maximum absolute atomic E-state index is 13.7. The fourth-order valence-electron chi connectivity index (χ4n) is 3.82. The Morgan fingerprint density at radius 3 is 2.73 bits per heavy atom. The molecule has 1 N–H and O–H groups in total. The lowest BCUT2D eigenvalue weighted by molar-refractivity contribution is -0.117. The second-order valence-corrected chi connectivity index (χ2v) is 7.38. The van der Waals surface area contributed by atoms with Crippen LogP contribution in [0.15, 0.2) is 18.3 Å². The van der Waals surface area contributed by atoms with Crippen LogP contribution >= 0.6 is 0 Å². The highest BCUT2D eigenvalue weighted by molar-refractivity contribution is 5.96. The van der Waals surface area contributed by atoms with E-state index in [0.717, 1.165) is 6.42 Å². The molecule has 2 aliphatic rings. The number of alkyl halides is 2. The number of urea groups is 1. The van der Waals surface area contributed by atoms with Crippen LogP contribution in [0.4, 0.5) is 33.7 Å². The van der Waals surface area contributed by atoms with Gasteiger partial charge in [-0.1, -0.05) is 0 Å². The Morgan fingerprint density at radius 1 is 1.30 bits per heavy atom. The number of hydrogen-bond acceptors (Lipinski definition) is 3. The second-order valence-electron chi connectivity index (χ2n) is 7.38. The Bertz CT molecular complexity index is 1010. The third kappa shape index (κ3) is 3.48. The fraction of sp³-hybridized carbons (Fsp3) is 0.421. The third-order valence-electron chi connectivity index (χ3n) is 5.38. The molecule has 160 valence electrons. The summed E-state index contributed by atoms with van der Waals surface area (Å²) in [6.07, 6.45) is -0.433. The molecule has 2 aliphatic heterocycles. The van der Waals surface area contributed by atoms with Gasteiger partial charge in [0.05, 0.1) is 42.3 Å². The summed E-state index contributed by atoms with van der Waals surface area (Å²) in [6, 6.07) is 0.416. The van der Waals surface area contributed by atoms with E-state index in [0.29, 0.717) is 43.0 Å². The number of amides is 3. The number of carbonyl (C=O) groups excluding carboxylic acids is 2. The molecule has 1 atom stereocenters. The van der Waals surface area contributed by atoms with Crippen LogP contribution in [0.3, 0.4) is 0 Å². The van der Waals surface area contributed by atoms with E-state index in [9.17, 15) is 27.2 Å². The molecule has 0 saturated carbocycles. The molecule has 4 rings (SSSR count). The first-order chi connectivity index (χ1) is 14.3. The highest BCUT2D eigenvalue weighted by atomic mass is 19.3. The molecule has 0 bridgehead atoms. The van der Waals surface area contributed by atoms with Crippen molar-refractivity contribution in [3.63, 3.8) is 0 Å². The van der Waals surface area contributed by atoms with Crippen molar-refractivity contribution in [1.82, 2.24) is 14.7 Å². The Balaban J connectivity index is 1.56. The van der Waals surface area contributed by atoms with Crippen LogP contribution in [-0.2, 0) is 17.9 Å². The van der Waals surface area contributed by atoms with Gasteiger partial charge in [-0.25, -0.2) is 22.4 Å². The molecule has 30 heavy (non-hydrogen) atoms. The minimum Gasteiger partial charge on any atom is -0.314 e. The van der Waals surface area contributed by atoms with Crippen LogP contribution in [0.1, 0.15) is 37.4 Å². The van der Waals surface area contributed by atoms with E-state index in [1.807, 2.05) is 0 Å². The molecule has 0 radical (unpaired) electrons. The highest BCUT2D eigenvalue weighted by Crippen LogP contribution is 2.31. The average molecular weight is 425 g/mol. The zero-order chi connectivity index (χ0) is 21.6. The van der Waals surface area contributed by atoms with Crippen LogP contribution in [0, 0.1) is 11.6 Å². The average Bonchev–Trinajstić information content (AvgIpc) is 3.28. The van der Waals surface area contributed by atoms with Gasteiger partial charge in [0.2, 0.25) is 5.91 Å². The molecule has 0 spiro atoms. The molecular weight excluding hydrogens is 406 g/mol. The molecule has 2 aromatic rings. The molecule has 3 amide bonds. The van der Waals surface area contributed by atoms with E-state index in [-0.39, 0.29) is 24.2 Å². The van der Waals surface area contributed by atoms with Crippen LogP contribution in [0.5, 0.6) is 0 Å². The van der Waals surface area contributed by atoms with Gasteiger partial charge < -0.3 is 15.1 Å². The molecule has 1 unspecified atom stereocenters. The number of anilines is 2. The number of fused-ring (bicyclic) bond motifs is 1. The number of nitrogens with one attached hydrogen (secondary N) is 1. The number of benzene rings is 1. The second kappa shape index (κ2) is 7.62. The topological polar surface area (TPSA) is 70.5 Å². The summed E-state index contributed by atoms with van der Waals surface area (Å²) in [5.74, 6) is -3.12. The number of aromatic nitrogens is 2. The van der Waals surface area contributed by atoms with Crippen molar-refractivity contribution in [2.45, 2.75) is 45.3 Å². The molecule has 1 aromatic carbocycles. The normalized spacial score (nSPS) is 18.9. The largest absolute Gasteiger partial charge is 0.322 e. The lowest BCUT2D eigenvalue weighted by atomic mass is 10.1. The van der Waals surface area contributed by atoms with Crippen LogP contribution in [0.2, 0.25) is 0 Å². The molecule has 0 aliphatic carbocycles. The van der Waals surface area contributed by atoms with Gasteiger partial charge in [0.25, 0.3) is 6.43 Å². The molecule has 1 fully saturated rings.